The molecule has 0 radical (unpaired) electrons. The summed E-state index contributed by atoms with van der Waals surface area (Å²) in [7, 11) is 0. The molecule has 2 atom stereocenters. The summed E-state index contributed by atoms with van der Waals surface area (Å²) in [4.78, 5) is 7.11. The van der Waals surface area contributed by atoms with Crippen molar-refractivity contribution in [3.63, 3.8) is 0 Å². The number of aromatic nitrogens is 1. The Kier molecular flexibility index (Phi) is 3.98. The summed E-state index contributed by atoms with van der Waals surface area (Å²) in [5.74, 6) is 1.65. The highest BCUT2D eigenvalue weighted by Crippen LogP contribution is 2.31. The lowest BCUT2D eigenvalue weighted by molar-refractivity contribution is 0.0366. The van der Waals surface area contributed by atoms with Gasteiger partial charge >= 0.3 is 0 Å². The van der Waals surface area contributed by atoms with Crippen LogP contribution in [0.4, 0.5) is 0 Å². The van der Waals surface area contributed by atoms with Gasteiger partial charge < -0.3 is 4.74 Å². The third-order valence-electron chi connectivity index (χ3n) is 5.27. The van der Waals surface area contributed by atoms with Crippen LogP contribution in [-0.2, 0) is 0 Å². The molecule has 3 heterocycles. The van der Waals surface area contributed by atoms with E-state index in [1.165, 1.54) is 50.6 Å². The number of hydrogen-bond acceptors (Lipinski definition) is 3. The molecule has 3 nitrogen and oxygen atoms in total. The molecule has 0 aliphatic carbocycles. The number of hydrogen-bond donors (Lipinski definition) is 0. The average Bonchev–Trinajstić information content (AvgIpc) is 2.60. The first-order valence-corrected chi connectivity index (χ1v) is 8.62. The van der Waals surface area contributed by atoms with Crippen molar-refractivity contribution in [2.24, 2.45) is 5.92 Å². The Morgan fingerprint density at radius 1 is 1.09 bits per heavy atom. The summed E-state index contributed by atoms with van der Waals surface area (Å²) in [6.45, 7) is 3.43. The molecular weight excluding hydrogens is 272 g/mol. The average molecular weight is 296 g/mol. The van der Waals surface area contributed by atoms with Crippen molar-refractivity contribution < 1.29 is 4.74 Å². The quantitative estimate of drug-likeness (QED) is 0.859. The Bertz CT molecular complexity index is 640. The van der Waals surface area contributed by atoms with E-state index < -0.39 is 0 Å². The maximum absolute atomic E-state index is 6.14. The van der Waals surface area contributed by atoms with Crippen LogP contribution in [0.25, 0.3) is 10.9 Å². The van der Waals surface area contributed by atoms with Gasteiger partial charge in [0, 0.05) is 29.6 Å². The lowest BCUT2D eigenvalue weighted by Crippen LogP contribution is -2.49. The molecule has 0 spiro atoms. The highest BCUT2D eigenvalue weighted by molar-refractivity contribution is 5.79. The monoisotopic (exact) mass is 296 g/mol. The van der Waals surface area contributed by atoms with Crippen LogP contribution in [0.2, 0.25) is 0 Å². The smallest absolute Gasteiger partial charge is 0.121 e. The van der Waals surface area contributed by atoms with E-state index in [1.807, 2.05) is 12.3 Å². The molecule has 2 unspecified atom stereocenters. The van der Waals surface area contributed by atoms with Gasteiger partial charge in [0.25, 0.3) is 0 Å². The van der Waals surface area contributed by atoms with Crippen molar-refractivity contribution in [3.8, 4) is 5.75 Å². The second-order valence-electron chi connectivity index (χ2n) is 6.67. The van der Waals surface area contributed by atoms with Gasteiger partial charge in [-0.3, -0.25) is 9.88 Å². The summed E-state index contributed by atoms with van der Waals surface area (Å²) < 4.78 is 6.14. The number of ether oxygens (including phenoxy) is 1. The minimum absolute atomic E-state index is 0.688. The fourth-order valence-electron chi connectivity index (χ4n) is 4.11. The topological polar surface area (TPSA) is 25.4 Å². The van der Waals surface area contributed by atoms with E-state index >= 15 is 0 Å². The third kappa shape index (κ3) is 2.82. The second-order valence-corrected chi connectivity index (χ2v) is 6.67. The number of pyridine rings is 1. The summed E-state index contributed by atoms with van der Waals surface area (Å²) in [6, 6.07) is 11.1. The summed E-state index contributed by atoms with van der Waals surface area (Å²) in [6.07, 6.45) is 8.59. The van der Waals surface area contributed by atoms with Crippen LogP contribution < -0.4 is 4.74 Å². The fraction of sp³-hybridized carbons (Fsp3) is 0.526. The van der Waals surface area contributed by atoms with E-state index in [9.17, 15) is 0 Å². The fourth-order valence-corrected chi connectivity index (χ4v) is 4.11. The number of benzene rings is 1. The van der Waals surface area contributed by atoms with Gasteiger partial charge in [-0.05, 0) is 57.0 Å². The molecule has 4 rings (SSSR count). The first-order chi connectivity index (χ1) is 10.9. The van der Waals surface area contributed by atoms with Crippen LogP contribution in [0.5, 0.6) is 5.75 Å². The molecule has 2 aliphatic heterocycles. The van der Waals surface area contributed by atoms with Crippen molar-refractivity contribution in [1.29, 1.82) is 0 Å². The minimum atomic E-state index is 0.688. The van der Waals surface area contributed by atoms with Crippen molar-refractivity contribution in [1.82, 2.24) is 9.88 Å². The molecule has 3 heteroatoms. The highest BCUT2D eigenvalue weighted by atomic mass is 16.5. The molecule has 2 saturated heterocycles. The highest BCUT2D eigenvalue weighted by Gasteiger charge is 2.33. The minimum Gasteiger partial charge on any atom is -0.493 e. The molecule has 22 heavy (non-hydrogen) atoms. The zero-order chi connectivity index (χ0) is 14.8. The number of nitrogens with zero attached hydrogens (tertiary/aromatic N) is 2. The molecule has 0 N–H and O–H groups in total. The Balaban J connectivity index is 1.44. The maximum Gasteiger partial charge on any atom is 0.121 e. The van der Waals surface area contributed by atoms with Gasteiger partial charge in [-0.1, -0.05) is 12.5 Å². The van der Waals surface area contributed by atoms with Crippen molar-refractivity contribution in [2.75, 3.05) is 19.7 Å². The van der Waals surface area contributed by atoms with E-state index in [0.29, 0.717) is 5.92 Å². The van der Waals surface area contributed by atoms with Crippen LogP contribution >= 0.6 is 0 Å². The van der Waals surface area contributed by atoms with Gasteiger partial charge in [0.2, 0.25) is 0 Å². The van der Waals surface area contributed by atoms with E-state index in [0.717, 1.165) is 23.9 Å². The lowest BCUT2D eigenvalue weighted by Gasteiger charge is -2.44. The van der Waals surface area contributed by atoms with E-state index in [4.69, 9.17) is 4.74 Å². The van der Waals surface area contributed by atoms with Gasteiger partial charge in [0.15, 0.2) is 0 Å². The molecule has 1 aromatic carbocycles. The Morgan fingerprint density at radius 3 is 3.05 bits per heavy atom. The van der Waals surface area contributed by atoms with Crippen LogP contribution in [0.1, 0.15) is 32.1 Å². The predicted octanol–water partition coefficient (Wildman–Crippen LogP) is 3.88. The molecular formula is C19H24N2O. The summed E-state index contributed by atoms with van der Waals surface area (Å²) >= 11 is 0. The van der Waals surface area contributed by atoms with Gasteiger partial charge in [0.1, 0.15) is 5.75 Å². The largest absolute Gasteiger partial charge is 0.493 e. The molecule has 116 valence electrons. The van der Waals surface area contributed by atoms with E-state index in [2.05, 4.69) is 34.1 Å². The van der Waals surface area contributed by atoms with Crippen LogP contribution in [-0.4, -0.2) is 35.6 Å². The zero-order valence-corrected chi connectivity index (χ0v) is 13.1. The number of fused-ring (bicyclic) bond motifs is 2. The number of piperidine rings is 2. The standard InChI is InChI=1S/C19H24N2O/c1-2-11-21-12-4-6-16(19(21)7-1)14-22-17-9-8-15-5-3-10-20-18(15)13-17/h3,5,8-10,13,16,19H,1-2,4,6-7,11-12,14H2. The van der Waals surface area contributed by atoms with Gasteiger partial charge in [-0.2, -0.15) is 0 Å². The molecule has 2 fully saturated rings. The van der Waals surface area contributed by atoms with Crippen LogP contribution in [0.3, 0.4) is 0 Å². The molecule has 0 saturated carbocycles. The van der Waals surface area contributed by atoms with Crippen molar-refractivity contribution >= 4 is 10.9 Å². The summed E-state index contributed by atoms with van der Waals surface area (Å²) in [5.41, 5.74) is 1.02. The zero-order valence-electron chi connectivity index (χ0n) is 13.1. The van der Waals surface area contributed by atoms with Crippen LogP contribution in [0.15, 0.2) is 36.5 Å². The molecule has 0 amide bonds. The Hall–Kier alpha value is -1.61. The third-order valence-corrected chi connectivity index (χ3v) is 5.27. The maximum atomic E-state index is 6.14. The predicted molar refractivity (Wildman–Crippen MR) is 89.2 cm³/mol. The lowest BCUT2D eigenvalue weighted by atomic mass is 9.84. The van der Waals surface area contributed by atoms with Gasteiger partial charge in [-0.15, -0.1) is 0 Å². The molecule has 0 bridgehead atoms. The first-order valence-electron chi connectivity index (χ1n) is 8.62. The number of rotatable bonds is 3. The van der Waals surface area contributed by atoms with E-state index in [-0.39, 0.29) is 0 Å². The van der Waals surface area contributed by atoms with Gasteiger partial charge in [-0.25, -0.2) is 0 Å². The summed E-state index contributed by atoms with van der Waals surface area (Å²) in [5, 5.41) is 1.17. The first kappa shape index (κ1) is 14.0. The van der Waals surface area contributed by atoms with Crippen LogP contribution in [0, 0.1) is 5.92 Å². The molecule has 2 aromatic rings. The van der Waals surface area contributed by atoms with Crippen molar-refractivity contribution in [2.45, 2.75) is 38.1 Å². The molecule has 2 aliphatic rings. The van der Waals surface area contributed by atoms with E-state index in [1.54, 1.807) is 0 Å². The second kappa shape index (κ2) is 6.25. The Labute approximate surface area is 132 Å². The Morgan fingerprint density at radius 2 is 2.05 bits per heavy atom. The van der Waals surface area contributed by atoms with Gasteiger partial charge in [0.05, 0.1) is 12.1 Å². The van der Waals surface area contributed by atoms with Crippen molar-refractivity contribution in [3.05, 3.63) is 36.5 Å². The normalized spacial score (nSPS) is 25.8. The molecule has 1 aromatic heterocycles. The SMILES string of the molecule is c1cnc2cc(OCC3CCCN4CCCCC34)ccc2c1.